The number of carboxylic acids is 1. The van der Waals surface area contributed by atoms with Crippen molar-refractivity contribution >= 4 is 18.0 Å². The van der Waals surface area contributed by atoms with E-state index in [1.165, 1.54) is 22.3 Å². The standard InChI is InChI=1S/C27H30N2O6/c30-24(29-11-9-27(34,10-12-29)25(31)32)15-17-13-18(14-17)28-26(33)35-16-23-21-7-3-1-5-19(21)20-6-2-4-8-22(20)23/h1-8,17-18,23,34H,9-16H2,(H,28,33)(H,31,32). The van der Waals surface area contributed by atoms with Crippen molar-refractivity contribution in [3.8, 4) is 11.1 Å². The number of alkyl carbamates (subject to hydrolysis) is 1. The average molecular weight is 479 g/mol. The molecule has 184 valence electrons. The maximum Gasteiger partial charge on any atom is 0.407 e. The third-order valence-electron chi connectivity index (χ3n) is 7.71. The molecule has 35 heavy (non-hydrogen) atoms. The molecule has 0 unspecified atom stereocenters. The summed E-state index contributed by atoms with van der Waals surface area (Å²) >= 11 is 0. The summed E-state index contributed by atoms with van der Waals surface area (Å²) in [5.74, 6) is -1.06. The fourth-order valence-corrected chi connectivity index (χ4v) is 5.54. The third kappa shape index (κ3) is 4.62. The Morgan fingerprint density at radius 1 is 0.971 bits per heavy atom. The molecule has 1 saturated heterocycles. The lowest BCUT2D eigenvalue weighted by Gasteiger charge is -2.39. The zero-order chi connectivity index (χ0) is 24.6. The molecule has 2 amide bonds. The molecule has 5 rings (SSSR count). The van der Waals surface area contributed by atoms with E-state index in [1.807, 2.05) is 24.3 Å². The van der Waals surface area contributed by atoms with Crippen LogP contribution < -0.4 is 5.32 Å². The number of ether oxygens (including phenoxy) is 1. The number of aliphatic hydroxyl groups is 1. The fraction of sp³-hybridized carbons (Fsp3) is 0.444. The van der Waals surface area contributed by atoms with E-state index in [9.17, 15) is 19.5 Å². The topological polar surface area (TPSA) is 116 Å². The Bertz CT molecular complexity index is 1090. The van der Waals surface area contributed by atoms with Gasteiger partial charge in [0, 0.05) is 44.3 Å². The maximum absolute atomic E-state index is 12.5. The van der Waals surface area contributed by atoms with Crippen molar-refractivity contribution in [3.05, 3.63) is 59.7 Å². The van der Waals surface area contributed by atoms with E-state index in [0.717, 1.165) is 0 Å². The van der Waals surface area contributed by atoms with Crippen molar-refractivity contribution in [1.29, 1.82) is 0 Å². The minimum Gasteiger partial charge on any atom is -0.479 e. The van der Waals surface area contributed by atoms with Crippen LogP contribution in [0.25, 0.3) is 11.1 Å². The van der Waals surface area contributed by atoms with E-state index in [0.29, 0.717) is 19.3 Å². The van der Waals surface area contributed by atoms with Crippen LogP contribution in [0.3, 0.4) is 0 Å². The highest BCUT2D eigenvalue weighted by molar-refractivity contribution is 5.80. The normalized spacial score (nSPS) is 22.5. The lowest BCUT2D eigenvalue weighted by atomic mass is 9.78. The lowest BCUT2D eigenvalue weighted by molar-refractivity contribution is -0.165. The summed E-state index contributed by atoms with van der Waals surface area (Å²) in [7, 11) is 0. The number of hydrogen-bond acceptors (Lipinski definition) is 5. The first-order valence-corrected chi connectivity index (χ1v) is 12.2. The van der Waals surface area contributed by atoms with E-state index in [4.69, 9.17) is 9.84 Å². The molecule has 2 aromatic rings. The first kappa shape index (κ1) is 23.4. The molecule has 1 aliphatic heterocycles. The van der Waals surface area contributed by atoms with E-state index in [2.05, 4.69) is 29.6 Å². The molecule has 1 heterocycles. The SMILES string of the molecule is O=C(NC1CC(CC(=O)N2CCC(O)(C(=O)O)CC2)C1)OCC1c2ccccc2-c2ccccc21. The van der Waals surface area contributed by atoms with Crippen LogP contribution in [0.2, 0.25) is 0 Å². The van der Waals surface area contributed by atoms with Crippen LogP contribution in [0.1, 0.15) is 49.1 Å². The maximum atomic E-state index is 12.5. The number of fused-ring (bicyclic) bond motifs is 3. The molecule has 8 heteroatoms. The highest BCUT2D eigenvalue weighted by atomic mass is 16.5. The number of amides is 2. The van der Waals surface area contributed by atoms with Crippen LogP contribution in [0.5, 0.6) is 0 Å². The van der Waals surface area contributed by atoms with Crippen LogP contribution in [-0.2, 0) is 14.3 Å². The predicted octanol–water partition coefficient (Wildman–Crippen LogP) is 3.13. The zero-order valence-electron chi connectivity index (χ0n) is 19.5. The van der Waals surface area contributed by atoms with Crippen LogP contribution >= 0.6 is 0 Å². The van der Waals surface area contributed by atoms with Crippen molar-refractivity contribution in [2.24, 2.45) is 5.92 Å². The van der Waals surface area contributed by atoms with Gasteiger partial charge in [-0.15, -0.1) is 0 Å². The first-order valence-electron chi connectivity index (χ1n) is 12.2. The molecular weight excluding hydrogens is 448 g/mol. The minimum atomic E-state index is -1.73. The number of carbonyl (C=O) groups is 3. The smallest absolute Gasteiger partial charge is 0.407 e. The lowest BCUT2D eigenvalue weighted by Crippen LogP contribution is -2.52. The van der Waals surface area contributed by atoms with Gasteiger partial charge in [0.2, 0.25) is 5.91 Å². The quantitative estimate of drug-likeness (QED) is 0.588. The molecule has 8 nitrogen and oxygen atoms in total. The van der Waals surface area contributed by atoms with Gasteiger partial charge in [-0.2, -0.15) is 0 Å². The zero-order valence-corrected chi connectivity index (χ0v) is 19.5. The van der Waals surface area contributed by atoms with Crippen LogP contribution in [-0.4, -0.2) is 64.4 Å². The second-order valence-electron chi connectivity index (χ2n) is 9.93. The second-order valence-corrected chi connectivity index (χ2v) is 9.93. The molecule has 2 aromatic carbocycles. The van der Waals surface area contributed by atoms with Crippen molar-refractivity contribution in [1.82, 2.24) is 10.2 Å². The van der Waals surface area contributed by atoms with Crippen molar-refractivity contribution in [2.75, 3.05) is 19.7 Å². The summed E-state index contributed by atoms with van der Waals surface area (Å²) in [6.07, 6.45) is 1.45. The number of nitrogens with zero attached hydrogens (tertiary/aromatic N) is 1. The highest BCUT2D eigenvalue weighted by Gasteiger charge is 2.41. The van der Waals surface area contributed by atoms with Gasteiger partial charge in [-0.25, -0.2) is 9.59 Å². The number of likely N-dealkylation sites (tertiary alicyclic amines) is 1. The van der Waals surface area contributed by atoms with Crippen molar-refractivity contribution < 1.29 is 29.3 Å². The number of aliphatic carboxylic acids is 1. The van der Waals surface area contributed by atoms with Gasteiger partial charge in [0.25, 0.3) is 0 Å². The Morgan fingerprint density at radius 2 is 1.54 bits per heavy atom. The van der Waals surface area contributed by atoms with E-state index >= 15 is 0 Å². The number of hydrogen-bond donors (Lipinski definition) is 3. The van der Waals surface area contributed by atoms with E-state index in [-0.39, 0.29) is 56.3 Å². The number of carbonyl (C=O) groups excluding carboxylic acids is 2. The summed E-state index contributed by atoms with van der Waals surface area (Å²) in [6.45, 7) is 0.762. The summed E-state index contributed by atoms with van der Waals surface area (Å²) in [5.41, 5.74) is 2.98. The fourth-order valence-electron chi connectivity index (χ4n) is 5.54. The Labute approximate surface area is 203 Å². The summed E-state index contributed by atoms with van der Waals surface area (Å²) in [5, 5.41) is 22.0. The van der Waals surface area contributed by atoms with Crippen LogP contribution in [0.4, 0.5) is 4.79 Å². The van der Waals surface area contributed by atoms with Crippen molar-refractivity contribution in [3.63, 3.8) is 0 Å². The van der Waals surface area contributed by atoms with Gasteiger partial charge in [-0.05, 0) is 41.0 Å². The highest BCUT2D eigenvalue weighted by Crippen LogP contribution is 2.44. The second kappa shape index (κ2) is 9.34. The van der Waals surface area contributed by atoms with Gasteiger partial charge in [0.1, 0.15) is 6.61 Å². The summed E-state index contributed by atoms with van der Waals surface area (Å²) in [6, 6.07) is 16.4. The summed E-state index contributed by atoms with van der Waals surface area (Å²) in [4.78, 5) is 37.8. The van der Waals surface area contributed by atoms with Crippen molar-refractivity contribution in [2.45, 2.75) is 49.7 Å². The Hall–Kier alpha value is -3.39. The van der Waals surface area contributed by atoms with Gasteiger partial charge in [-0.1, -0.05) is 48.5 Å². The molecule has 0 radical (unpaired) electrons. The Morgan fingerprint density at radius 3 is 2.11 bits per heavy atom. The van der Waals surface area contributed by atoms with Gasteiger partial charge in [0.15, 0.2) is 5.60 Å². The number of piperidine rings is 1. The van der Waals surface area contributed by atoms with Gasteiger partial charge < -0.3 is 25.2 Å². The molecule has 0 spiro atoms. The summed E-state index contributed by atoms with van der Waals surface area (Å²) < 4.78 is 5.60. The van der Waals surface area contributed by atoms with E-state index in [1.54, 1.807) is 4.90 Å². The predicted molar refractivity (Wildman–Crippen MR) is 128 cm³/mol. The third-order valence-corrected chi connectivity index (χ3v) is 7.71. The first-order chi connectivity index (χ1) is 16.8. The van der Waals surface area contributed by atoms with Crippen LogP contribution in [0.15, 0.2) is 48.5 Å². The monoisotopic (exact) mass is 478 g/mol. The number of carboxylic acid groups (broad SMARTS) is 1. The van der Waals surface area contributed by atoms with E-state index < -0.39 is 17.7 Å². The molecule has 3 aliphatic rings. The number of rotatable bonds is 6. The average Bonchev–Trinajstić information content (AvgIpc) is 3.15. The van der Waals surface area contributed by atoms with Gasteiger partial charge in [0.05, 0.1) is 0 Å². The molecule has 2 fully saturated rings. The van der Waals surface area contributed by atoms with Gasteiger partial charge in [-0.3, -0.25) is 4.79 Å². The molecule has 1 saturated carbocycles. The molecule has 0 bridgehead atoms. The minimum absolute atomic E-state index is 0.0121. The molecule has 0 aromatic heterocycles. The number of benzene rings is 2. The molecule has 3 N–H and O–H groups in total. The Balaban J connectivity index is 1.05. The molecule has 2 aliphatic carbocycles. The number of nitrogens with one attached hydrogen (secondary N) is 1. The largest absolute Gasteiger partial charge is 0.479 e. The van der Waals surface area contributed by atoms with Gasteiger partial charge >= 0.3 is 12.1 Å². The van der Waals surface area contributed by atoms with Crippen LogP contribution in [0, 0.1) is 5.92 Å². The molecular formula is C27H30N2O6. The molecule has 0 atom stereocenters. The Kier molecular flexibility index (Phi) is 6.23.